The van der Waals surface area contributed by atoms with E-state index in [1.165, 1.54) is 0 Å². The van der Waals surface area contributed by atoms with E-state index in [1.54, 1.807) is 0 Å². The minimum Gasteiger partial charge on any atom is -0.426 e. The Balaban J connectivity index is 0. The Morgan fingerprint density at radius 1 is 1.33 bits per heavy atom. The molecule has 12 heavy (non-hydrogen) atoms. The van der Waals surface area contributed by atoms with E-state index < -0.39 is 0 Å². The Morgan fingerprint density at radius 3 is 2.25 bits per heavy atom. The van der Waals surface area contributed by atoms with Crippen LogP contribution in [0.2, 0.25) is 0 Å². The summed E-state index contributed by atoms with van der Waals surface area (Å²) in [5, 5.41) is 0.176. The summed E-state index contributed by atoms with van der Waals surface area (Å²) < 4.78 is 5.42. The van der Waals surface area contributed by atoms with Crippen LogP contribution in [0, 0.1) is 25.2 Å². The van der Waals surface area contributed by atoms with Crippen molar-refractivity contribution in [3.63, 3.8) is 0 Å². The molecule has 1 rings (SSSR count). The average molecular weight is 397 g/mol. The molecule has 0 bridgehead atoms. The molecule has 0 N–H and O–H groups in total. The third kappa shape index (κ3) is 4.36. The molecule has 0 aromatic heterocycles. The molecule has 1 nitrogen and oxygen atoms in total. The van der Waals surface area contributed by atoms with Gasteiger partial charge in [-0.3, -0.25) is 0 Å². The molecule has 0 radical (unpaired) electrons. The maximum atomic E-state index is 5.42. The maximum Gasteiger partial charge on any atom is 0.106 e. The molecule has 0 amide bonds. The molecule has 0 aliphatic carbocycles. The molecule has 0 aromatic rings. The molecular formula is C8H13BrMo2O-2. The third-order valence-electron chi connectivity index (χ3n) is 2.07. The van der Waals surface area contributed by atoms with Gasteiger partial charge >= 0.3 is 0 Å². The summed E-state index contributed by atoms with van der Waals surface area (Å²) in [4.78, 5) is 0. The van der Waals surface area contributed by atoms with Crippen LogP contribution in [-0.4, -0.2) is 11.1 Å². The van der Waals surface area contributed by atoms with Gasteiger partial charge in [-0.05, 0) is 5.92 Å². The van der Waals surface area contributed by atoms with E-state index in [-0.39, 0.29) is 53.2 Å². The Hall–Kier alpha value is 1.82. The summed E-state index contributed by atoms with van der Waals surface area (Å²) in [6.07, 6.45) is 2.19. The standard InChI is InChI=1S/C8H13BrO.2Mo/c1-5-4-6(2)10-8(9)7(5)3;;/h4-8H,2H2,1,3H3;;/q-2;;/t5-,6+,7+,8-;;/m0../s1. The first-order valence-electron chi connectivity index (χ1n) is 3.59. The van der Waals surface area contributed by atoms with E-state index in [0.29, 0.717) is 11.8 Å². The molecule has 0 saturated carbocycles. The molecule has 72 valence electrons. The van der Waals surface area contributed by atoms with E-state index >= 15 is 0 Å². The van der Waals surface area contributed by atoms with Crippen molar-refractivity contribution in [2.45, 2.75) is 25.0 Å². The van der Waals surface area contributed by atoms with Gasteiger partial charge < -0.3 is 18.1 Å². The number of hydrogen-bond acceptors (Lipinski definition) is 1. The van der Waals surface area contributed by atoms with Gasteiger partial charge in [0.05, 0.1) is 0 Å². The number of rotatable bonds is 0. The predicted octanol–water partition coefficient (Wildman–Crippen LogP) is 2.41. The molecule has 0 unspecified atom stereocenters. The van der Waals surface area contributed by atoms with Gasteiger partial charge in [0, 0.05) is 42.1 Å². The largest absolute Gasteiger partial charge is 0.426 e. The van der Waals surface area contributed by atoms with Crippen molar-refractivity contribution < 1.29 is 46.9 Å². The Morgan fingerprint density at radius 2 is 1.83 bits per heavy atom. The average Bonchev–Trinajstić information content (AvgIpc) is 1.82. The quantitative estimate of drug-likeness (QED) is 0.347. The van der Waals surface area contributed by atoms with E-state index in [4.69, 9.17) is 4.74 Å². The fourth-order valence-corrected chi connectivity index (χ4v) is 1.85. The second-order valence-corrected chi connectivity index (χ2v) is 3.84. The summed E-state index contributed by atoms with van der Waals surface area (Å²) in [7, 11) is 0. The minimum absolute atomic E-state index is 0. The van der Waals surface area contributed by atoms with Crippen molar-refractivity contribution >= 4 is 15.9 Å². The van der Waals surface area contributed by atoms with E-state index in [0.717, 1.165) is 0 Å². The minimum atomic E-state index is 0. The van der Waals surface area contributed by atoms with Crippen LogP contribution >= 0.6 is 15.9 Å². The SMILES string of the molecule is [CH2-][C@@H]1[CH-][C@H](C)[C@@H](C)[C@@H](Br)O1.[Mo].[Mo]. The predicted molar refractivity (Wildman–Crippen MR) is 45.6 cm³/mol. The number of ether oxygens (including phenoxy) is 1. The van der Waals surface area contributed by atoms with Crippen LogP contribution in [0.4, 0.5) is 0 Å². The fourth-order valence-electron chi connectivity index (χ4n) is 1.09. The first kappa shape index (κ1) is 16.3. The molecule has 1 heterocycles. The molecule has 1 aliphatic heterocycles. The van der Waals surface area contributed by atoms with Crippen LogP contribution in [-0.2, 0) is 46.9 Å². The normalized spacial score (nSPS) is 41.0. The summed E-state index contributed by atoms with van der Waals surface area (Å²) >= 11 is 3.45. The van der Waals surface area contributed by atoms with Gasteiger partial charge in [0.2, 0.25) is 0 Å². The monoisotopic (exact) mass is 400 g/mol. The maximum absolute atomic E-state index is 5.42. The van der Waals surface area contributed by atoms with Crippen molar-refractivity contribution in [3.05, 3.63) is 13.3 Å². The van der Waals surface area contributed by atoms with E-state index in [1.807, 2.05) is 0 Å². The molecule has 0 aromatic carbocycles. The zero-order chi connectivity index (χ0) is 7.72. The molecule has 1 saturated heterocycles. The number of hydrogen-bond donors (Lipinski definition) is 0. The molecule has 1 aliphatic rings. The number of alkyl halides is 1. The molecular weight excluding hydrogens is 384 g/mol. The number of halogens is 1. The second kappa shape index (κ2) is 7.15. The van der Waals surface area contributed by atoms with Gasteiger partial charge in [0.1, 0.15) is 5.01 Å². The fraction of sp³-hybridized carbons (Fsp3) is 0.750. The summed E-state index contributed by atoms with van der Waals surface area (Å²) in [6, 6.07) is 0. The smallest absolute Gasteiger partial charge is 0.106 e. The van der Waals surface area contributed by atoms with Crippen molar-refractivity contribution in [1.82, 2.24) is 0 Å². The Kier molecular flexibility index (Phi) is 9.69. The van der Waals surface area contributed by atoms with Crippen molar-refractivity contribution in [3.8, 4) is 0 Å². The first-order valence-corrected chi connectivity index (χ1v) is 4.50. The zero-order valence-electron chi connectivity index (χ0n) is 7.20. The van der Waals surface area contributed by atoms with Gasteiger partial charge in [-0.1, -0.05) is 29.8 Å². The Bertz CT molecular complexity index is 112. The second-order valence-electron chi connectivity index (χ2n) is 2.94. The molecule has 4 atom stereocenters. The molecule has 1 fully saturated rings. The van der Waals surface area contributed by atoms with Crippen molar-refractivity contribution in [1.29, 1.82) is 0 Å². The summed E-state index contributed by atoms with van der Waals surface area (Å²) in [5.74, 6) is 1.15. The molecule has 4 heteroatoms. The summed E-state index contributed by atoms with van der Waals surface area (Å²) in [5.41, 5.74) is 0. The van der Waals surface area contributed by atoms with Gasteiger partial charge in [-0.15, -0.1) is 0 Å². The van der Waals surface area contributed by atoms with Crippen LogP contribution in [0.3, 0.4) is 0 Å². The van der Waals surface area contributed by atoms with E-state index in [9.17, 15) is 0 Å². The van der Waals surface area contributed by atoms with Crippen LogP contribution in [0.15, 0.2) is 0 Å². The van der Waals surface area contributed by atoms with Crippen LogP contribution in [0.1, 0.15) is 13.8 Å². The van der Waals surface area contributed by atoms with Crippen LogP contribution < -0.4 is 0 Å². The van der Waals surface area contributed by atoms with Gasteiger partial charge in [-0.25, -0.2) is 0 Å². The Labute approximate surface area is 112 Å². The van der Waals surface area contributed by atoms with Gasteiger partial charge in [-0.2, -0.15) is 12.0 Å². The van der Waals surface area contributed by atoms with Crippen molar-refractivity contribution in [2.75, 3.05) is 0 Å². The first-order chi connectivity index (χ1) is 4.61. The van der Waals surface area contributed by atoms with Crippen molar-refractivity contribution in [2.24, 2.45) is 11.8 Å². The summed E-state index contributed by atoms with van der Waals surface area (Å²) in [6.45, 7) is 8.19. The van der Waals surface area contributed by atoms with Crippen LogP contribution in [0.5, 0.6) is 0 Å². The third-order valence-corrected chi connectivity index (χ3v) is 3.12. The molecule has 0 spiro atoms. The topological polar surface area (TPSA) is 9.23 Å². The van der Waals surface area contributed by atoms with E-state index in [2.05, 4.69) is 43.1 Å². The van der Waals surface area contributed by atoms with Gasteiger partial charge in [0.15, 0.2) is 0 Å². The van der Waals surface area contributed by atoms with Gasteiger partial charge in [0.25, 0.3) is 0 Å². The zero-order valence-corrected chi connectivity index (χ0v) is 12.8. The van der Waals surface area contributed by atoms with Crippen LogP contribution in [0.25, 0.3) is 0 Å².